The van der Waals surface area contributed by atoms with Crippen LogP contribution in [0.4, 0.5) is 47.6 Å². The number of hydrogen-bond acceptors (Lipinski definition) is 28. The molecule has 0 aromatic carbocycles. The van der Waals surface area contributed by atoms with E-state index >= 15 is 0 Å². The molecule has 0 saturated carbocycles. The average molecular weight is 1110 g/mol. The third-order valence-electron chi connectivity index (χ3n) is 10.7. The van der Waals surface area contributed by atoms with Crippen LogP contribution in [0.3, 0.4) is 0 Å². The predicted octanol–water partition coefficient (Wildman–Crippen LogP) is -2.59. The summed E-state index contributed by atoms with van der Waals surface area (Å²) in [7, 11) is 0. The van der Waals surface area contributed by atoms with Crippen LogP contribution >= 0.6 is 0 Å². The molecule has 0 spiro atoms. The summed E-state index contributed by atoms with van der Waals surface area (Å²) in [5.41, 5.74) is 40.0. The van der Waals surface area contributed by atoms with E-state index in [2.05, 4.69) is 79.7 Å². The topological polar surface area (TPSA) is 582 Å². The highest BCUT2D eigenvalue weighted by molar-refractivity contribution is 5.57. The Hall–Kier alpha value is -10.8. The zero-order valence-corrected chi connectivity index (χ0v) is 43.8. The van der Waals surface area contributed by atoms with Gasteiger partial charge in [0.05, 0.1) is 0 Å². The van der Waals surface area contributed by atoms with Crippen LogP contribution < -0.4 is 90.9 Å². The Morgan fingerprint density at radius 2 is 0.463 bits per heavy atom. The maximum Gasteiger partial charge on any atom is 0.328 e. The summed E-state index contributed by atoms with van der Waals surface area (Å²) in [6.45, 7) is 10.0. The van der Waals surface area contributed by atoms with Crippen LogP contribution in [0.25, 0.3) is 45.6 Å². The Morgan fingerprint density at radius 3 is 0.613 bits per heavy atom. The maximum atomic E-state index is 11.8. The summed E-state index contributed by atoms with van der Waals surface area (Å²) >= 11 is 0. The molecule has 0 aliphatic heterocycles. The van der Waals surface area contributed by atoms with Gasteiger partial charge in [0.25, 0.3) is 22.2 Å². The van der Waals surface area contributed by atoms with Crippen molar-refractivity contribution >= 4 is 47.6 Å². The van der Waals surface area contributed by atoms with Crippen LogP contribution in [0.5, 0.6) is 0 Å². The Labute approximate surface area is 449 Å². The SMILES string of the molecule is CCCCn1cc(-c2nc(N)nc(N)n2)c(=O)[nH]c1=O.CCCCn1cc(-c2nc(N)nc(N)n2)c(=O)[nH]c1=O.CCCCn1cc(-c2nc(N)nc(N)n2)c(=O)[nH]c1=O.CCCCn1cc(-c2nc(N)nc(N)n2)c(=O)[nH]c1=O. The van der Waals surface area contributed by atoms with Gasteiger partial charge < -0.3 is 45.9 Å². The van der Waals surface area contributed by atoms with Gasteiger partial charge >= 0.3 is 22.8 Å². The number of nitrogens with two attached hydrogens (primary N) is 8. The van der Waals surface area contributed by atoms with Gasteiger partial charge in [-0.05, 0) is 25.7 Å². The monoisotopic (exact) mass is 1110 g/mol. The number of H-pyrrole nitrogens is 4. The van der Waals surface area contributed by atoms with E-state index in [0.717, 1.165) is 51.4 Å². The number of rotatable bonds is 16. The number of aromatic amines is 4. The molecule has 0 saturated heterocycles. The fourth-order valence-electron chi connectivity index (χ4n) is 6.77. The number of aromatic nitrogens is 20. The number of nitrogens with one attached hydrogen (secondary N) is 4. The molecule has 8 aromatic heterocycles. The van der Waals surface area contributed by atoms with Gasteiger partial charge in [0, 0.05) is 51.0 Å². The number of aryl methyl sites for hydroxylation is 4. The van der Waals surface area contributed by atoms with Gasteiger partial charge in [-0.25, -0.2) is 19.2 Å². The number of anilines is 8. The average Bonchev–Trinajstić information content (AvgIpc) is 3.38. The largest absolute Gasteiger partial charge is 0.368 e. The second-order valence-corrected chi connectivity index (χ2v) is 16.9. The van der Waals surface area contributed by atoms with Crippen LogP contribution in [0, 0.1) is 0 Å². The fourth-order valence-corrected chi connectivity index (χ4v) is 6.77. The van der Waals surface area contributed by atoms with Gasteiger partial charge in [0.15, 0.2) is 23.3 Å². The molecule has 8 heterocycles. The smallest absolute Gasteiger partial charge is 0.328 e. The molecule has 36 heteroatoms. The predicted molar refractivity (Wildman–Crippen MR) is 296 cm³/mol. The lowest BCUT2D eigenvalue weighted by Gasteiger charge is -2.06. The van der Waals surface area contributed by atoms with Gasteiger partial charge in [0.2, 0.25) is 47.6 Å². The van der Waals surface area contributed by atoms with Crippen molar-refractivity contribution in [1.82, 2.24) is 98.0 Å². The summed E-state index contributed by atoms with van der Waals surface area (Å²) in [5, 5.41) is 0. The first-order valence-corrected chi connectivity index (χ1v) is 24.5. The number of nitrogens with zero attached hydrogens (tertiary/aromatic N) is 16. The van der Waals surface area contributed by atoms with Crippen LogP contribution in [0.1, 0.15) is 79.1 Å². The van der Waals surface area contributed by atoms with Crippen LogP contribution in [0.15, 0.2) is 63.1 Å². The molecule has 0 bridgehead atoms. The van der Waals surface area contributed by atoms with Crippen molar-refractivity contribution in [1.29, 1.82) is 0 Å². The van der Waals surface area contributed by atoms with E-state index in [9.17, 15) is 38.4 Å². The van der Waals surface area contributed by atoms with Crippen molar-refractivity contribution in [2.75, 3.05) is 45.9 Å². The molecule has 0 atom stereocenters. The molecule has 424 valence electrons. The van der Waals surface area contributed by atoms with Gasteiger partial charge in [0.1, 0.15) is 22.3 Å². The summed E-state index contributed by atoms with van der Waals surface area (Å²) in [6.07, 6.45) is 12.6. The molecule has 80 heavy (non-hydrogen) atoms. The van der Waals surface area contributed by atoms with E-state index in [1.54, 1.807) is 0 Å². The zero-order chi connectivity index (χ0) is 58.8. The lowest BCUT2D eigenvalue weighted by Crippen LogP contribution is -2.31. The molecule has 0 unspecified atom stereocenters. The van der Waals surface area contributed by atoms with Crippen LogP contribution in [-0.2, 0) is 26.2 Å². The highest BCUT2D eigenvalue weighted by Crippen LogP contribution is 2.14. The Kier molecular flexibility index (Phi) is 20.9. The minimum atomic E-state index is -0.590. The highest BCUT2D eigenvalue weighted by Gasteiger charge is 2.16. The molecule has 36 nitrogen and oxygen atoms in total. The minimum absolute atomic E-state index is 0.0431. The van der Waals surface area contributed by atoms with E-state index in [1.807, 2.05) is 27.7 Å². The lowest BCUT2D eigenvalue weighted by molar-refractivity contribution is 0.597. The van der Waals surface area contributed by atoms with Crippen molar-refractivity contribution in [2.24, 2.45) is 0 Å². The molecule has 0 fully saturated rings. The Bertz CT molecular complexity index is 3360. The van der Waals surface area contributed by atoms with Gasteiger partial charge in [-0.2, -0.15) is 59.8 Å². The number of hydrogen-bond donors (Lipinski definition) is 12. The molecule has 0 amide bonds. The normalized spacial score (nSPS) is 10.7. The van der Waals surface area contributed by atoms with Crippen molar-refractivity contribution in [3.63, 3.8) is 0 Å². The number of nitrogen functional groups attached to an aromatic ring is 8. The molecule has 20 N–H and O–H groups in total. The first kappa shape index (κ1) is 60.0. The molecule has 8 rings (SSSR count). The third kappa shape index (κ3) is 16.6. The fraction of sp³-hybridized carbons (Fsp3) is 0.364. The molecular formula is C44H60N28O8. The molecule has 0 radical (unpaired) electrons. The van der Waals surface area contributed by atoms with Crippen molar-refractivity contribution in [2.45, 2.75) is 105 Å². The first-order valence-electron chi connectivity index (χ1n) is 24.5. The molecule has 8 aromatic rings. The first-order chi connectivity index (χ1) is 38.0. The van der Waals surface area contributed by atoms with E-state index in [1.165, 1.54) is 43.1 Å². The summed E-state index contributed by atoms with van der Waals surface area (Å²) < 4.78 is 5.60. The quantitative estimate of drug-likeness (QED) is 0.0472. The zero-order valence-electron chi connectivity index (χ0n) is 43.8. The third-order valence-corrected chi connectivity index (χ3v) is 10.7. The maximum absolute atomic E-state index is 11.8. The standard InChI is InChI=1S/4C11H15N7O2/c4*1-2-3-4-18-5-6(8(19)16-11(18)20)7-14-9(12)17-10(13)15-7/h4*5H,2-4H2,1H3,(H,16,19,20)(H4,12,13,14,15,17). The van der Waals surface area contributed by atoms with E-state index in [0.29, 0.717) is 26.2 Å². The Morgan fingerprint density at radius 1 is 0.300 bits per heavy atom. The second-order valence-electron chi connectivity index (χ2n) is 16.9. The summed E-state index contributed by atoms with van der Waals surface area (Å²) in [6, 6.07) is 0. The van der Waals surface area contributed by atoms with E-state index in [4.69, 9.17) is 45.9 Å². The van der Waals surface area contributed by atoms with Gasteiger partial charge in [-0.15, -0.1) is 0 Å². The highest BCUT2D eigenvalue weighted by atomic mass is 16.2. The summed E-state index contributed by atoms with van der Waals surface area (Å²) in [5.74, 6) is -0.508. The van der Waals surface area contributed by atoms with Crippen molar-refractivity contribution in [3.05, 3.63) is 108 Å². The molecule has 0 aliphatic rings. The van der Waals surface area contributed by atoms with Crippen LogP contribution in [-0.4, -0.2) is 98.0 Å². The van der Waals surface area contributed by atoms with Crippen molar-refractivity contribution in [3.8, 4) is 45.6 Å². The van der Waals surface area contributed by atoms with Gasteiger partial charge in [-0.3, -0.25) is 57.4 Å². The number of unbranched alkanes of at least 4 members (excludes halogenated alkanes) is 4. The molecular weight excluding hydrogens is 1050 g/mol. The van der Waals surface area contributed by atoms with E-state index in [-0.39, 0.29) is 93.1 Å². The molecule has 0 aliphatic carbocycles. The lowest BCUT2D eigenvalue weighted by atomic mass is 10.3. The minimum Gasteiger partial charge on any atom is -0.368 e. The Balaban J connectivity index is 0.000000196. The van der Waals surface area contributed by atoms with Crippen molar-refractivity contribution < 1.29 is 0 Å². The second kappa shape index (κ2) is 27.8. The van der Waals surface area contributed by atoms with Crippen LogP contribution in [0.2, 0.25) is 0 Å². The van der Waals surface area contributed by atoms with Gasteiger partial charge in [-0.1, -0.05) is 53.4 Å². The summed E-state index contributed by atoms with van der Waals surface area (Å²) in [4.78, 5) is 148. The van der Waals surface area contributed by atoms with E-state index < -0.39 is 45.0 Å².